The van der Waals surface area contributed by atoms with Crippen molar-refractivity contribution in [2.75, 3.05) is 20.1 Å². The third kappa shape index (κ3) is 4.53. The largest absolute Gasteiger partial charge is 0.487 e. The summed E-state index contributed by atoms with van der Waals surface area (Å²) in [5.41, 5.74) is 3.32. The quantitative estimate of drug-likeness (QED) is 0.915. The van der Waals surface area contributed by atoms with Gasteiger partial charge in [0, 0.05) is 17.0 Å². The van der Waals surface area contributed by atoms with E-state index in [4.69, 9.17) is 4.74 Å². The summed E-state index contributed by atoms with van der Waals surface area (Å²) in [6.45, 7) is 2.48. The molecule has 0 atom stereocenters. The molecular weight excluding hydrogens is 310 g/mol. The van der Waals surface area contributed by atoms with Gasteiger partial charge in [0.05, 0.1) is 11.2 Å². The van der Waals surface area contributed by atoms with E-state index in [0.717, 1.165) is 31.6 Å². The Morgan fingerprint density at radius 3 is 3.00 bits per heavy atom. The Bertz CT molecular complexity index is 637. The number of thiazole rings is 1. The van der Waals surface area contributed by atoms with E-state index in [1.807, 2.05) is 23.6 Å². The Morgan fingerprint density at radius 2 is 2.26 bits per heavy atom. The van der Waals surface area contributed by atoms with E-state index in [0.29, 0.717) is 17.9 Å². The van der Waals surface area contributed by atoms with Crippen molar-refractivity contribution in [1.82, 2.24) is 15.2 Å². The average Bonchev–Trinajstić information content (AvgIpc) is 3.09. The second kappa shape index (κ2) is 7.57. The standard InChI is InChI=1S/C17H21N3O2S/c1-20-7-5-14(6-8-20)19-17(21)13-3-2-4-16(9-13)22-10-15-11-23-12-18-15/h2-4,9,11-12,14H,5-8,10H2,1H3,(H,19,21). The first-order chi connectivity index (χ1) is 11.2. The smallest absolute Gasteiger partial charge is 0.251 e. The summed E-state index contributed by atoms with van der Waals surface area (Å²) in [6, 6.07) is 7.58. The van der Waals surface area contributed by atoms with Crippen molar-refractivity contribution in [3.63, 3.8) is 0 Å². The summed E-state index contributed by atoms with van der Waals surface area (Å²) >= 11 is 1.54. The van der Waals surface area contributed by atoms with Gasteiger partial charge in [-0.2, -0.15) is 0 Å². The number of ether oxygens (including phenoxy) is 1. The molecule has 1 saturated heterocycles. The van der Waals surface area contributed by atoms with Crippen molar-refractivity contribution in [2.45, 2.75) is 25.5 Å². The number of amides is 1. The SMILES string of the molecule is CN1CCC(NC(=O)c2cccc(OCc3cscn3)c2)CC1. The summed E-state index contributed by atoms with van der Waals surface area (Å²) < 4.78 is 5.70. The number of rotatable bonds is 5. The zero-order valence-electron chi connectivity index (χ0n) is 13.2. The van der Waals surface area contributed by atoms with Gasteiger partial charge in [0.25, 0.3) is 5.91 Å². The molecule has 1 aliphatic heterocycles. The van der Waals surface area contributed by atoms with Gasteiger partial charge < -0.3 is 15.0 Å². The van der Waals surface area contributed by atoms with Crippen LogP contribution < -0.4 is 10.1 Å². The summed E-state index contributed by atoms with van der Waals surface area (Å²) in [4.78, 5) is 18.9. The second-order valence-corrected chi connectivity index (χ2v) is 6.57. The number of likely N-dealkylation sites (tertiary alicyclic amines) is 1. The molecule has 2 aromatic rings. The van der Waals surface area contributed by atoms with Crippen LogP contribution in [0, 0.1) is 0 Å². The molecule has 0 radical (unpaired) electrons. The monoisotopic (exact) mass is 331 g/mol. The highest BCUT2D eigenvalue weighted by atomic mass is 32.1. The van der Waals surface area contributed by atoms with E-state index in [1.54, 1.807) is 22.9 Å². The van der Waals surface area contributed by atoms with Gasteiger partial charge in [-0.05, 0) is 51.2 Å². The van der Waals surface area contributed by atoms with Crippen molar-refractivity contribution < 1.29 is 9.53 Å². The number of aromatic nitrogens is 1. The van der Waals surface area contributed by atoms with E-state index in [9.17, 15) is 4.79 Å². The Labute approximate surface area is 140 Å². The molecule has 1 aliphatic rings. The van der Waals surface area contributed by atoms with Crippen LogP contribution in [0.2, 0.25) is 0 Å². The number of hydrogen-bond acceptors (Lipinski definition) is 5. The number of nitrogens with zero attached hydrogens (tertiary/aromatic N) is 2. The molecule has 122 valence electrons. The van der Waals surface area contributed by atoms with E-state index >= 15 is 0 Å². The minimum atomic E-state index is -0.0290. The van der Waals surface area contributed by atoms with Gasteiger partial charge >= 0.3 is 0 Å². The Kier molecular flexibility index (Phi) is 5.25. The van der Waals surface area contributed by atoms with Gasteiger partial charge in [0.2, 0.25) is 0 Å². The summed E-state index contributed by atoms with van der Waals surface area (Å²) in [6.07, 6.45) is 2.00. The fourth-order valence-corrected chi connectivity index (χ4v) is 3.16. The molecule has 1 aromatic carbocycles. The molecule has 0 aliphatic carbocycles. The molecule has 1 N–H and O–H groups in total. The Morgan fingerprint density at radius 1 is 1.43 bits per heavy atom. The van der Waals surface area contributed by atoms with Crippen LogP contribution in [0.4, 0.5) is 0 Å². The Balaban J connectivity index is 1.56. The number of benzene rings is 1. The number of carbonyl (C=O) groups is 1. The zero-order valence-corrected chi connectivity index (χ0v) is 14.0. The lowest BCUT2D eigenvalue weighted by Gasteiger charge is -2.29. The van der Waals surface area contributed by atoms with Crippen molar-refractivity contribution in [3.05, 3.63) is 46.4 Å². The first kappa shape index (κ1) is 16.0. The molecule has 1 fully saturated rings. The normalized spacial score (nSPS) is 16.2. The van der Waals surface area contributed by atoms with Crippen LogP contribution in [0.5, 0.6) is 5.75 Å². The summed E-state index contributed by atoms with van der Waals surface area (Å²) in [5, 5.41) is 5.08. The van der Waals surface area contributed by atoms with Crippen LogP contribution in [0.1, 0.15) is 28.9 Å². The minimum absolute atomic E-state index is 0.0290. The molecule has 23 heavy (non-hydrogen) atoms. The summed E-state index contributed by atoms with van der Waals surface area (Å²) in [7, 11) is 2.11. The molecule has 0 bridgehead atoms. The number of hydrogen-bond donors (Lipinski definition) is 1. The molecule has 5 nitrogen and oxygen atoms in total. The first-order valence-corrected chi connectivity index (χ1v) is 8.74. The maximum Gasteiger partial charge on any atom is 0.251 e. The topological polar surface area (TPSA) is 54.5 Å². The fourth-order valence-electron chi connectivity index (χ4n) is 2.61. The Hall–Kier alpha value is -1.92. The minimum Gasteiger partial charge on any atom is -0.487 e. The lowest BCUT2D eigenvalue weighted by molar-refractivity contribution is 0.0916. The lowest BCUT2D eigenvalue weighted by atomic mass is 10.0. The fraction of sp³-hybridized carbons (Fsp3) is 0.412. The molecule has 0 spiro atoms. The predicted molar refractivity (Wildman–Crippen MR) is 90.9 cm³/mol. The van der Waals surface area contributed by atoms with E-state index in [2.05, 4.69) is 22.2 Å². The molecule has 3 rings (SSSR count). The average molecular weight is 331 g/mol. The van der Waals surface area contributed by atoms with Crippen LogP contribution in [-0.2, 0) is 6.61 Å². The van der Waals surface area contributed by atoms with Crippen molar-refractivity contribution in [1.29, 1.82) is 0 Å². The first-order valence-electron chi connectivity index (χ1n) is 7.80. The molecule has 0 unspecified atom stereocenters. The van der Waals surface area contributed by atoms with Crippen LogP contribution >= 0.6 is 11.3 Å². The third-order valence-corrected chi connectivity index (χ3v) is 4.66. The van der Waals surface area contributed by atoms with Crippen molar-refractivity contribution in [2.24, 2.45) is 0 Å². The summed E-state index contributed by atoms with van der Waals surface area (Å²) in [5.74, 6) is 0.660. The molecular formula is C17H21N3O2S. The number of piperidine rings is 1. The molecule has 0 saturated carbocycles. The van der Waals surface area contributed by atoms with Gasteiger partial charge in [0.1, 0.15) is 12.4 Å². The van der Waals surface area contributed by atoms with E-state index in [1.165, 1.54) is 0 Å². The lowest BCUT2D eigenvalue weighted by Crippen LogP contribution is -2.43. The van der Waals surface area contributed by atoms with Crippen LogP contribution in [0.25, 0.3) is 0 Å². The van der Waals surface area contributed by atoms with Crippen LogP contribution in [0.15, 0.2) is 35.2 Å². The van der Waals surface area contributed by atoms with Gasteiger partial charge in [-0.3, -0.25) is 4.79 Å². The molecule has 6 heteroatoms. The highest BCUT2D eigenvalue weighted by molar-refractivity contribution is 7.07. The predicted octanol–water partition coefficient (Wildman–Crippen LogP) is 2.55. The highest BCUT2D eigenvalue weighted by Gasteiger charge is 2.19. The number of carbonyl (C=O) groups excluding carboxylic acids is 1. The van der Waals surface area contributed by atoms with Crippen LogP contribution in [-0.4, -0.2) is 42.0 Å². The maximum atomic E-state index is 12.4. The molecule has 1 amide bonds. The van der Waals surface area contributed by atoms with Gasteiger partial charge in [-0.1, -0.05) is 6.07 Å². The third-order valence-electron chi connectivity index (χ3n) is 4.02. The molecule has 2 heterocycles. The van der Waals surface area contributed by atoms with E-state index < -0.39 is 0 Å². The maximum absolute atomic E-state index is 12.4. The second-order valence-electron chi connectivity index (χ2n) is 5.85. The van der Waals surface area contributed by atoms with E-state index in [-0.39, 0.29) is 11.9 Å². The van der Waals surface area contributed by atoms with Gasteiger partial charge in [-0.25, -0.2) is 4.98 Å². The van der Waals surface area contributed by atoms with Gasteiger partial charge in [0.15, 0.2) is 0 Å². The molecule has 1 aromatic heterocycles. The van der Waals surface area contributed by atoms with Crippen LogP contribution in [0.3, 0.4) is 0 Å². The van der Waals surface area contributed by atoms with Crippen molar-refractivity contribution >= 4 is 17.2 Å². The van der Waals surface area contributed by atoms with Crippen molar-refractivity contribution in [3.8, 4) is 5.75 Å². The highest BCUT2D eigenvalue weighted by Crippen LogP contribution is 2.16. The van der Waals surface area contributed by atoms with Gasteiger partial charge in [-0.15, -0.1) is 11.3 Å². The number of nitrogens with one attached hydrogen (secondary N) is 1. The zero-order chi connectivity index (χ0) is 16.1.